The number of rotatable bonds is 5. The van der Waals surface area contributed by atoms with Crippen molar-refractivity contribution >= 4 is 47.2 Å². The highest BCUT2D eigenvalue weighted by molar-refractivity contribution is 14.0. The lowest BCUT2D eigenvalue weighted by atomic mass is 10.2. The Balaban J connectivity index is 0.00000261. The predicted molar refractivity (Wildman–Crippen MR) is 120 cm³/mol. The van der Waals surface area contributed by atoms with Gasteiger partial charge in [-0.3, -0.25) is 4.68 Å². The third-order valence-corrected chi connectivity index (χ3v) is 4.52. The Hall–Kier alpha value is -1.81. The lowest BCUT2D eigenvalue weighted by molar-refractivity contribution is 0.730. The second kappa shape index (κ2) is 9.41. The maximum Gasteiger partial charge on any atom is 0.191 e. The van der Waals surface area contributed by atoms with Crippen LogP contribution in [0.25, 0.3) is 5.65 Å². The molecule has 27 heavy (non-hydrogen) atoms. The highest BCUT2D eigenvalue weighted by Crippen LogP contribution is 2.13. The molecule has 3 aromatic heterocycles. The summed E-state index contributed by atoms with van der Waals surface area (Å²) in [7, 11) is 1.95. The maximum absolute atomic E-state index is 6.02. The van der Waals surface area contributed by atoms with Crippen LogP contribution in [0.5, 0.6) is 0 Å². The number of aromatic nitrogens is 4. The number of nitrogens with zero attached hydrogens (tertiary/aromatic N) is 5. The van der Waals surface area contributed by atoms with Gasteiger partial charge in [0.25, 0.3) is 0 Å². The number of nitrogens with one attached hydrogen (secondary N) is 2. The van der Waals surface area contributed by atoms with Crippen LogP contribution < -0.4 is 10.6 Å². The van der Waals surface area contributed by atoms with Gasteiger partial charge in [-0.1, -0.05) is 11.6 Å². The molecule has 146 valence electrons. The molecule has 0 aromatic carbocycles. The Bertz CT molecular complexity index is 945. The third kappa shape index (κ3) is 5.13. The number of pyridine rings is 1. The van der Waals surface area contributed by atoms with E-state index in [1.165, 1.54) is 0 Å². The molecule has 0 aliphatic rings. The maximum atomic E-state index is 6.02. The van der Waals surface area contributed by atoms with E-state index in [2.05, 4.69) is 32.6 Å². The monoisotopic (exact) mass is 501 g/mol. The first-order valence-electron chi connectivity index (χ1n) is 8.62. The summed E-state index contributed by atoms with van der Waals surface area (Å²) in [5, 5.41) is 11.7. The number of hydrogen-bond acceptors (Lipinski definition) is 3. The summed E-state index contributed by atoms with van der Waals surface area (Å²) in [6, 6.07) is 3.74. The van der Waals surface area contributed by atoms with Gasteiger partial charge in [-0.2, -0.15) is 5.10 Å². The van der Waals surface area contributed by atoms with Crippen LogP contribution in [0.3, 0.4) is 0 Å². The normalized spacial score (nSPS) is 11.5. The zero-order chi connectivity index (χ0) is 18.7. The van der Waals surface area contributed by atoms with Crippen molar-refractivity contribution in [3.63, 3.8) is 0 Å². The molecule has 0 fully saturated rings. The van der Waals surface area contributed by atoms with Crippen molar-refractivity contribution in [2.24, 2.45) is 12.0 Å². The van der Waals surface area contributed by atoms with Crippen molar-refractivity contribution in [3.8, 4) is 0 Å². The average molecular weight is 502 g/mol. The van der Waals surface area contributed by atoms with Gasteiger partial charge in [0, 0.05) is 37.2 Å². The number of fused-ring (bicyclic) bond motifs is 1. The van der Waals surface area contributed by atoms with Gasteiger partial charge in [-0.05, 0) is 32.9 Å². The van der Waals surface area contributed by atoms with Crippen molar-refractivity contribution in [1.82, 2.24) is 29.8 Å². The molecular weight excluding hydrogens is 477 g/mol. The molecule has 0 saturated heterocycles. The second-order valence-corrected chi connectivity index (χ2v) is 6.60. The van der Waals surface area contributed by atoms with Crippen molar-refractivity contribution in [2.45, 2.75) is 33.9 Å². The molecule has 9 heteroatoms. The number of hydrogen-bond donors (Lipinski definition) is 2. The lowest BCUT2D eigenvalue weighted by Gasteiger charge is -2.10. The predicted octanol–water partition coefficient (Wildman–Crippen LogP) is 3.21. The largest absolute Gasteiger partial charge is 0.357 e. The Morgan fingerprint density at radius 1 is 1.22 bits per heavy atom. The average Bonchev–Trinajstić information content (AvgIpc) is 3.11. The molecule has 3 heterocycles. The van der Waals surface area contributed by atoms with Gasteiger partial charge in [0.15, 0.2) is 5.96 Å². The summed E-state index contributed by atoms with van der Waals surface area (Å²) in [6.07, 6.45) is 3.81. The topological polar surface area (TPSA) is 71.5 Å². The molecule has 0 radical (unpaired) electrons. The van der Waals surface area contributed by atoms with E-state index in [0.29, 0.717) is 18.1 Å². The summed E-state index contributed by atoms with van der Waals surface area (Å²) in [4.78, 5) is 9.27. The zero-order valence-corrected chi connectivity index (χ0v) is 19.0. The highest BCUT2D eigenvalue weighted by atomic mass is 127. The fourth-order valence-electron chi connectivity index (χ4n) is 2.82. The molecule has 0 atom stereocenters. The van der Waals surface area contributed by atoms with E-state index >= 15 is 0 Å². The van der Waals surface area contributed by atoms with Crippen LogP contribution in [0.15, 0.2) is 29.5 Å². The van der Waals surface area contributed by atoms with E-state index in [0.717, 1.165) is 40.8 Å². The van der Waals surface area contributed by atoms with Gasteiger partial charge in [0.2, 0.25) is 0 Å². The molecule has 0 aliphatic carbocycles. The lowest BCUT2D eigenvalue weighted by Crippen LogP contribution is -2.36. The zero-order valence-electron chi connectivity index (χ0n) is 16.0. The van der Waals surface area contributed by atoms with Crippen LogP contribution in [-0.2, 0) is 20.1 Å². The van der Waals surface area contributed by atoms with Crippen molar-refractivity contribution in [2.75, 3.05) is 6.54 Å². The van der Waals surface area contributed by atoms with Crippen molar-refractivity contribution < 1.29 is 0 Å². The van der Waals surface area contributed by atoms with Crippen LogP contribution >= 0.6 is 35.6 Å². The molecule has 7 nitrogen and oxygen atoms in total. The van der Waals surface area contributed by atoms with Crippen LogP contribution in [0, 0.1) is 13.8 Å². The summed E-state index contributed by atoms with van der Waals surface area (Å²) in [5.74, 6) is 0.755. The van der Waals surface area contributed by atoms with Gasteiger partial charge in [0.1, 0.15) is 5.65 Å². The number of guanidine groups is 1. The van der Waals surface area contributed by atoms with Crippen LogP contribution in [0.1, 0.15) is 29.6 Å². The number of halogens is 2. The van der Waals surface area contributed by atoms with Crippen molar-refractivity contribution in [3.05, 3.63) is 52.2 Å². The van der Waals surface area contributed by atoms with Gasteiger partial charge < -0.3 is 15.0 Å². The quantitative estimate of drug-likeness (QED) is 0.320. The van der Waals surface area contributed by atoms with E-state index in [4.69, 9.17) is 11.6 Å². The smallest absolute Gasteiger partial charge is 0.191 e. The van der Waals surface area contributed by atoms with E-state index in [9.17, 15) is 0 Å². The first-order valence-corrected chi connectivity index (χ1v) is 9.00. The molecule has 0 amide bonds. The minimum absolute atomic E-state index is 0. The van der Waals surface area contributed by atoms with E-state index in [1.807, 2.05) is 54.5 Å². The van der Waals surface area contributed by atoms with Gasteiger partial charge in [-0.25, -0.2) is 9.98 Å². The summed E-state index contributed by atoms with van der Waals surface area (Å²) >= 11 is 6.02. The van der Waals surface area contributed by atoms with Gasteiger partial charge in [0.05, 0.1) is 29.5 Å². The van der Waals surface area contributed by atoms with Crippen molar-refractivity contribution in [1.29, 1.82) is 0 Å². The number of aliphatic imine (C=N–C) groups is 1. The first-order chi connectivity index (χ1) is 12.5. The molecule has 0 bridgehead atoms. The molecule has 3 rings (SSSR count). The van der Waals surface area contributed by atoms with Gasteiger partial charge in [-0.15, -0.1) is 24.0 Å². The van der Waals surface area contributed by atoms with E-state index in [1.54, 1.807) is 0 Å². The summed E-state index contributed by atoms with van der Waals surface area (Å²) in [5.41, 5.74) is 5.11. The molecule has 3 aromatic rings. The molecule has 0 unspecified atom stereocenters. The third-order valence-electron chi connectivity index (χ3n) is 4.30. The first kappa shape index (κ1) is 21.5. The number of aryl methyl sites for hydroxylation is 2. The summed E-state index contributed by atoms with van der Waals surface area (Å²) in [6.45, 7) is 8.08. The SMILES string of the molecule is CCNC(=NCc1c(C)nn(C)c1C)NCc1cn2cc(Cl)ccc2n1.I. The fraction of sp³-hybridized carbons (Fsp3) is 0.389. The second-order valence-electron chi connectivity index (χ2n) is 6.17. The van der Waals surface area contributed by atoms with Crippen LogP contribution in [0.2, 0.25) is 5.02 Å². The minimum atomic E-state index is 0. The number of imidazole rings is 1. The van der Waals surface area contributed by atoms with E-state index < -0.39 is 0 Å². The van der Waals surface area contributed by atoms with Crippen LogP contribution in [0.4, 0.5) is 0 Å². The fourth-order valence-corrected chi connectivity index (χ4v) is 2.99. The molecular formula is C18H25ClIN7. The Morgan fingerprint density at radius 3 is 2.67 bits per heavy atom. The van der Waals surface area contributed by atoms with Gasteiger partial charge >= 0.3 is 0 Å². The Morgan fingerprint density at radius 2 is 2.00 bits per heavy atom. The van der Waals surface area contributed by atoms with Crippen LogP contribution in [-0.4, -0.2) is 31.7 Å². The highest BCUT2D eigenvalue weighted by Gasteiger charge is 2.09. The Labute approximate surface area is 181 Å². The van der Waals surface area contributed by atoms with E-state index in [-0.39, 0.29) is 24.0 Å². The molecule has 0 spiro atoms. The Kier molecular flexibility index (Phi) is 7.49. The standard InChI is InChI=1S/C18H24ClN7.HI/c1-5-20-18(22-9-16-12(2)24-25(4)13(16)3)21-8-15-11-26-10-14(19)6-7-17(26)23-15;/h6-7,10-11H,5,8-9H2,1-4H3,(H2,20,21,22);1H. The molecule has 0 saturated carbocycles. The molecule has 2 N–H and O–H groups in total. The minimum Gasteiger partial charge on any atom is -0.357 e. The molecule has 0 aliphatic heterocycles. The summed E-state index contributed by atoms with van der Waals surface area (Å²) < 4.78 is 3.81.